The van der Waals surface area contributed by atoms with Gasteiger partial charge >= 0.3 is 12.0 Å². The summed E-state index contributed by atoms with van der Waals surface area (Å²) in [6, 6.07) is 15.5. The molecule has 2 amide bonds. The molecular weight excluding hydrogens is 282 g/mol. The predicted molar refractivity (Wildman–Crippen MR) is 80.3 cm³/mol. The number of carbonyl (C=O) groups excluding carboxylic acids is 3. The van der Waals surface area contributed by atoms with Gasteiger partial charge in [-0.15, -0.1) is 0 Å². The molecule has 0 unspecified atom stereocenters. The third-order valence-electron chi connectivity index (χ3n) is 2.95. The van der Waals surface area contributed by atoms with Gasteiger partial charge < -0.3 is 4.74 Å². The number of rotatable bonds is 4. The topological polar surface area (TPSA) is 72.5 Å². The van der Waals surface area contributed by atoms with E-state index in [4.69, 9.17) is 4.74 Å². The van der Waals surface area contributed by atoms with Crippen LogP contribution in [-0.4, -0.2) is 17.8 Å². The van der Waals surface area contributed by atoms with E-state index in [2.05, 4.69) is 0 Å². The number of benzene rings is 2. The van der Waals surface area contributed by atoms with Crippen molar-refractivity contribution >= 4 is 17.8 Å². The van der Waals surface area contributed by atoms with Gasteiger partial charge in [0.2, 0.25) is 0 Å². The zero-order chi connectivity index (χ0) is 15.9. The van der Waals surface area contributed by atoms with E-state index in [0.717, 1.165) is 11.1 Å². The van der Waals surface area contributed by atoms with Crippen molar-refractivity contribution in [1.82, 2.24) is 5.32 Å². The van der Waals surface area contributed by atoms with Gasteiger partial charge in [0, 0.05) is 5.56 Å². The number of ketones is 1. The Hall–Kier alpha value is -2.95. The second kappa shape index (κ2) is 7.17. The first kappa shape index (κ1) is 15.4. The van der Waals surface area contributed by atoms with E-state index in [0.29, 0.717) is 0 Å². The minimum absolute atomic E-state index is 0.0265. The van der Waals surface area contributed by atoms with Gasteiger partial charge in [-0.25, -0.2) is 4.79 Å². The molecule has 0 spiro atoms. The molecule has 112 valence electrons. The molecule has 5 heteroatoms. The van der Waals surface area contributed by atoms with Crippen LogP contribution in [0.15, 0.2) is 54.6 Å². The highest BCUT2D eigenvalue weighted by molar-refractivity contribution is 6.44. The fourth-order valence-corrected chi connectivity index (χ4v) is 1.74. The van der Waals surface area contributed by atoms with Crippen molar-refractivity contribution in [2.24, 2.45) is 0 Å². The summed E-state index contributed by atoms with van der Waals surface area (Å²) in [5.74, 6) is -1.79. The van der Waals surface area contributed by atoms with Gasteiger partial charge in [0.25, 0.3) is 5.78 Å². The molecule has 0 aliphatic carbocycles. The van der Waals surface area contributed by atoms with Crippen LogP contribution in [0.2, 0.25) is 0 Å². The van der Waals surface area contributed by atoms with Crippen LogP contribution in [0.5, 0.6) is 0 Å². The number of nitrogens with one attached hydrogen (secondary N) is 1. The van der Waals surface area contributed by atoms with Gasteiger partial charge in [0.15, 0.2) is 0 Å². The molecule has 0 radical (unpaired) electrons. The van der Waals surface area contributed by atoms with E-state index in [9.17, 15) is 14.4 Å². The molecule has 0 fully saturated rings. The number of carbonyl (C=O) groups is 3. The third-order valence-corrected chi connectivity index (χ3v) is 2.95. The summed E-state index contributed by atoms with van der Waals surface area (Å²) in [5, 5.41) is 1.91. The van der Waals surface area contributed by atoms with Gasteiger partial charge in [-0.1, -0.05) is 60.2 Å². The SMILES string of the molecule is Cc1ccc(C(=O)C(=O)NC(=O)OCc2ccccc2)cc1. The Bertz CT molecular complexity index is 678. The molecule has 2 aromatic carbocycles. The lowest BCUT2D eigenvalue weighted by Crippen LogP contribution is -2.36. The molecular formula is C17H15NO4. The fourth-order valence-electron chi connectivity index (χ4n) is 1.74. The maximum absolute atomic E-state index is 11.8. The van der Waals surface area contributed by atoms with Gasteiger partial charge in [0.05, 0.1) is 0 Å². The van der Waals surface area contributed by atoms with Crippen molar-refractivity contribution in [2.45, 2.75) is 13.5 Å². The first-order valence-corrected chi connectivity index (χ1v) is 6.69. The summed E-state index contributed by atoms with van der Waals surface area (Å²) >= 11 is 0. The molecule has 2 aromatic rings. The Balaban J connectivity index is 1.87. The summed E-state index contributed by atoms with van der Waals surface area (Å²) in [5.41, 5.74) is 1.98. The van der Waals surface area contributed by atoms with E-state index in [1.165, 1.54) is 12.1 Å². The number of amides is 2. The van der Waals surface area contributed by atoms with E-state index < -0.39 is 17.8 Å². The largest absolute Gasteiger partial charge is 0.444 e. The van der Waals surface area contributed by atoms with Crippen LogP contribution >= 0.6 is 0 Å². The average Bonchev–Trinajstić information content (AvgIpc) is 2.54. The van der Waals surface area contributed by atoms with Crippen LogP contribution in [0.1, 0.15) is 21.5 Å². The summed E-state index contributed by atoms with van der Waals surface area (Å²) in [6.07, 6.45) is -0.950. The molecule has 0 saturated heterocycles. The standard InChI is InChI=1S/C17H15NO4/c1-12-7-9-14(10-8-12)15(19)16(20)18-17(21)22-11-13-5-3-2-4-6-13/h2-10H,11H2,1H3,(H,18,20,21). The fraction of sp³-hybridized carbons (Fsp3) is 0.118. The van der Waals surface area contributed by atoms with Gasteiger partial charge in [-0.05, 0) is 12.5 Å². The smallest absolute Gasteiger partial charge is 0.414 e. The monoisotopic (exact) mass is 297 g/mol. The highest BCUT2D eigenvalue weighted by atomic mass is 16.5. The first-order valence-electron chi connectivity index (χ1n) is 6.69. The van der Waals surface area contributed by atoms with E-state index in [1.807, 2.05) is 30.4 Å². The zero-order valence-corrected chi connectivity index (χ0v) is 12.0. The van der Waals surface area contributed by atoms with Crippen LogP contribution in [0, 0.1) is 6.92 Å². The molecule has 0 heterocycles. The second-order valence-corrected chi connectivity index (χ2v) is 4.71. The Morgan fingerprint density at radius 2 is 1.59 bits per heavy atom. The Kier molecular flexibility index (Phi) is 5.03. The molecule has 0 saturated carbocycles. The molecule has 1 N–H and O–H groups in total. The number of alkyl carbamates (subject to hydrolysis) is 1. The number of aryl methyl sites for hydroxylation is 1. The van der Waals surface area contributed by atoms with E-state index >= 15 is 0 Å². The van der Waals surface area contributed by atoms with Crippen molar-refractivity contribution in [1.29, 1.82) is 0 Å². The van der Waals surface area contributed by atoms with E-state index in [1.54, 1.807) is 24.3 Å². The average molecular weight is 297 g/mol. The highest BCUT2D eigenvalue weighted by Crippen LogP contribution is 2.04. The Morgan fingerprint density at radius 3 is 2.23 bits per heavy atom. The number of imide groups is 1. The van der Waals surface area contributed by atoms with Gasteiger partial charge in [-0.3, -0.25) is 14.9 Å². The Morgan fingerprint density at radius 1 is 0.955 bits per heavy atom. The normalized spacial score (nSPS) is 9.86. The van der Waals surface area contributed by atoms with Crippen molar-refractivity contribution in [3.05, 3.63) is 71.3 Å². The van der Waals surface area contributed by atoms with E-state index in [-0.39, 0.29) is 12.2 Å². The Labute approximate surface area is 127 Å². The molecule has 22 heavy (non-hydrogen) atoms. The van der Waals surface area contributed by atoms with Crippen LogP contribution < -0.4 is 5.32 Å². The summed E-state index contributed by atoms with van der Waals surface area (Å²) < 4.78 is 4.88. The molecule has 5 nitrogen and oxygen atoms in total. The van der Waals surface area contributed by atoms with Crippen molar-refractivity contribution in [2.75, 3.05) is 0 Å². The van der Waals surface area contributed by atoms with Crippen LogP contribution in [0.25, 0.3) is 0 Å². The second-order valence-electron chi connectivity index (χ2n) is 4.71. The molecule has 0 aliphatic rings. The first-order chi connectivity index (χ1) is 10.6. The molecule has 0 aromatic heterocycles. The third kappa shape index (κ3) is 4.28. The summed E-state index contributed by atoms with van der Waals surface area (Å²) in [6.45, 7) is 1.90. The summed E-state index contributed by atoms with van der Waals surface area (Å²) in [4.78, 5) is 35.0. The van der Waals surface area contributed by atoms with Crippen molar-refractivity contribution in [3.8, 4) is 0 Å². The van der Waals surface area contributed by atoms with Crippen molar-refractivity contribution < 1.29 is 19.1 Å². The minimum atomic E-state index is -1.01. The van der Waals surface area contributed by atoms with Gasteiger partial charge in [0.1, 0.15) is 6.61 Å². The highest BCUT2D eigenvalue weighted by Gasteiger charge is 2.19. The summed E-state index contributed by atoms with van der Waals surface area (Å²) in [7, 11) is 0. The van der Waals surface area contributed by atoms with Crippen molar-refractivity contribution in [3.63, 3.8) is 0 Å². The molecule has 0 bridgehead atoms. The molecule has 0 aliphatic heterocycles. The van der Waals surface area contributed by atoms with Crippen LogP contribution in [0.4, 0.5) is 4.79 Å². The maximum Gasteiger partial charge on any atom is 0.414 e. The number of hydrogen-bond donors (Lipinski definition) is 1. The number of Topliss-reactive ketones (excluding diaryl/α,β-unsaturated/α-hetero) is 1. The molecule has 2 rings (SSSR count). The number of hydrogen-bond acceptors (Lipinski definition) is 4. The number of ether oxygens (including phenoxy) is 1. The maximum atomic E-state index is 11.8. The lowest BCUT2D eigenvalue weighted by molar-refractivity contribution is -0.116. The zero-order valence-electron chi connectivity index (χ0n) is 12.0. The van der Waals surface area contributed by atoms with Gasteiger partial charge in [-0.2, -0.15) is 0 Å². The predicted octanol–water partition coefficient (Wildman–Crippen LogP) is 2.63. The van der Waals surface area contributed by atoms with Crippen LogP contribution in [0.3, 0.4) is 0 Å². The molecule has 0 atom stereocenters. The van der Waals surface area contributed by atoms with Crippen LogP contribution in [-0.2, 0) is 16.1 Å². The lowest BCUT2D eigenvalue weighted by Gasteiger charge is -2.06. The quantitative estimate of drug-likeness (QED) is 0.695. The minimum Gasteiger partial charge on any atom is -0.444 e. The lowest BCUT2D eigenvalue weighted by atomic mass is 10.1.